The Hall–Kier alpha value is -1.94. The molecule has 3 saturated heterocycles. The summed E-state index contributed by atoms with van der Waals surface area (Å²) in [5.74, 6) is -5.51. The summed E-state index contributed by atoms with van der Waals surface area (Å²) in [5.41, 5.74) is 1.43. The van der Waals surface area contributed by atoms with Gasteiger partial charge < -0.3 is 19.7 Å². The number of hydrogen-bond donors (Lipinski definition) is 2. The molecule has 1 aromatic heterocycles. The summed E-state index contributed by atoms with van der Waals surface area (Å²) < 4.78 is 75.3. The average Bonchev–Trinajstić information content (AvgIpc) is 3.50. The number of alkyl halides is 6. The predicted molar refractivity (Wildman–Crippen MR) is 111 cm³/mol. The lowest BCUT2D eigenvalue weighted by atomic mass is 10.1. The molecule has 0 radical (unpaired) electrons. The number of nitrogens with zero attached hydrogens (tertiary/aromatic N) is 2. The van der Waals surface area contributed by atoms with Gasteiger partial charge in [0.2, 0.25) is 0 Å². The van der Waals surface area contributed by atoms with E-state index in [2.05, 4.69) is 26.6 Å². The zero-order valence-corrected chi connectivity index (χ0v) is 19.2. The van der Waals surface area contributed by atoms with Crippen molar-refractivity contribution in [1.29, 1.82) is 0 Å². The van der Waals surface area contributed by atoms with Crippen molar-refractivity contribution in [1.82, 2.24) is 9.80 Å². The summed E-state index contributed by atoms with van der Waals surface area (Å²) in [5, 5.41) is 18.7. The van der Waals surface area contributed by atoms with E-state index >= 15 is 0 Å². The van der Waals surface area contributed by atoms with Gasteiger partial charge in [0.05, 0.1) is 18.8 Å². The van der Waals surface area contributed by atoms with E-state index in [0.29, 0.717) is 18.2 Å². The van der Waals surface area contributed by atoms with Crippen LogP contribution >= 0.6 is 11.3 Å². The Morgan fingerprint density at radius 2 is 1.66 bits per heavy atom. The van der Waals surface area contributed by atoms with Crippen LogP contribution in [-0.4, -0.2) is 102 Å². The molecule has 200 valence electrons. The molecule has 3 fully saturated rings. The van der Waals surface area contributed by atoms with Gasteiger partial charge in [-0.25, -0.2) is 9.59 Å². The molecule has 0 spiro atoms. The number of carboxylic acid groups (broad SMARTS) is 2. The van der Waals surface area contributed by atoms with E-state index in [0.717, 1.165) is 45.9 Å². The Balaban J connectivity index is 0.000000257. The molecule has 0 aromatic carbocycles. The minimum absolute atomic E-state index is 0.388. The maximum Gasteiger partial charge on any atom is 0.490 e. The molecule has 3 aliphatic rings. The molecule has 35 heavy (non-hydrogen) atoms. The van der Waals surface area contributed by atoms with Crippen molar-refractivity contribution < 1.29 is 55.6 Å². The second kappa shape index (κ2) is 12.9. The Morgan fingerprint density at radius 3 is 2.14 bits per heavy atom. The highest BCUT2D eigenvalue weighted by atomic mass is 32.1. The van der Waals surface area contributed by atoms with E-state index in [9.17, 15) is 26.3 Å². The Kier molecular flexibility index (Phi) is 10.8. The zero-order chi connectivity index (χ0) is 26.2. The molecule has 4 rings (SSSR count). The van der Waals surface area contributed by atoms with E-state index in [1.165, 1.54) is 18.4 Å². The summed E-state index contributed by atoms with van der Waals surface area (Å²) in [4.78, 5) is 23.0. The quantitative estimate of drug-likeness (QED) is 0.567. The van der Waals surface area contributed by atoms with Crippen LogP contribution in [0.15, 0.2) is 16.8 Å². The highest BCUT2D eigenvalue weighted by molar-refractivity contribution is 7.07. The Morgan fingerprint density at radius 1 is 1.03 bits per heavy atom. The Bertz CT molecular complexity index is 777. The van der Waals surface area contributed by atoms with E-state index in [-0.39, 0.29) is 0 Å². The van der Waals surface area contributed by atoms with Crippen LogP contribution in [0.3, 0.4) is 0 Å². The molecular formula is C20H26F6N2O6S. The molecule has 0 bridgehead atoms. The highest BCUT2D eigenvalue weighted by Gasteiger charge is 2.41. The first-order valence-electron chi connectivity index (χ1n) is 10.6. The lowest BCUT2D eigenvalue weighted by Gasteiger charge is -2.38. The van der Waals surface area contributed by atoms with Crippen molar-refractivity contribution in [2.24, 2.45) is 0 Å². The topological polar surface area (TPSA) is 99.5 Å². The minimum Gasteiger partial charge on any atom is -0.475 e. The molecule has 8 nitrogen and oxygen atoms in total. The van der Waals surface area contributed by atoms with Crippen LogP contribution in [0.5, 0.6) is 0 Å². The average molecular weight is 536 g/mol. The SMILES string of the molecule is O=C(O)C(F)(F)F.O=C(O)C(F)(F)F.c1cc(CN2C[C@@H]3OCCN(CC4CCCO4)[C@@H]3C2)cs1. The van der Waals surface area contributed by atoms with Gasteiger partial charge in [0.1, 0.15) is 0 Å². The smallest absolute Gasteiger partial charge is 0.475 e. The number of thiophene rings is 1. The Labute approximate surface area is 201 Å². The van der Waals surface area contributed by atoms with E-state index in [1.54, 1.807) is 11.3 Å². The summed E-state index contributed by atoms with van der Waals surface area (Å²) in [6, 6.07) is 2.79. The molecule has 3 aliphatic heterocycles. The van der Waals surface area contributed by atoms with E-state index < -0.39 is 24.3 Å². The first kappa shape index (κ1) is 29.3. The maximum absolute atomic E-state index is 10.6. The van der Waals surface area contributed by atoms with Gasteiger partial charge in [0, 0.05) is 45.4 Å². The van der Waals surface area contributed by atoms with Crippen LogP contribution in [0.1, 0.15) is 18.4 Å². The number of ether oxygens (including phenoxy) is 2. The highest BCUT2D eigenvalue weighted by Crippen LogP contribution is 2.26. The van der Waals surface area contributed by atoms with Crippen molar-refractivity contribution >= 4 is 23.3 Å². The molecule has 0 saturated carbocycles. The van der Waals surface area contributed by atoms with Crippen molar-refractivity contribution in [2.45, 2.75) is 50.0 Å². The van der Waals surface area contributed by atoms with Crippen molar-refractivity contribution in [2.75, 3.05) is 39.4 Å². The van der Waals surface area contributed by atoms with Gasteiger partial charge >= 0.3 is 24.3 Å². The standard InChI is InChI=1S/C16H24N2O2S.2C2HF3O2/c1-2-14(19-5-1)9-18-4-6-20-16-11-17(10-15(16)18)8-13-3-7-21-12-13;2*3-2(4,5)1(6)7/h3,7,12,14-16H,1-2,4-6,8-11H2;2*(H,6,7)/t14?,15-,16+;;/m1../s1. The van der Waals surface area contributed by atoms with Crippen LogP contribution < -0.4 is 0 Å². The van der Waals surface area contributed by atoms with Crippen molar-refractivity contribution in [3.8, 4) is 0 Å². The van der Waals surface area contributed by atoms with E-state index in [1.807, 2.05) is 0 Å². The summed E-state index contributed by atoms with van der Waals surface area (Å²) in [6.07, 6.45) is -6.87. The molecule has 1 unspecified atom stereocenters. The number of aliphatic carboxylic acids is 2. The number of hydrogen-bond acceptors (Lipinski definition) is 7. The summed E-state index contributed by atoms with van der Waals surface area (Å²) in [7, 11) is 0. The zero-order valence-electron chi connectivity index (χ0n) is 18.4. The summed E-state index contributed by atoms with van der Waals surface area (Å²) in [6.45, 7) is 7.25. The number of morpholine rings is 1. The second-order valence-corrected chi connectivity index (χ2v) is 8.82. The third-order valence-electron chi connectivity index (χ3n) is 5.43. The lowest BCUT2D eigenvalue weighted by molar-refractivity contribution is -0.193. The largest absolute Gasteiger partial charge is 0.490 e. The maximum atomic E-state index is 10.6. The van der Waals surface area contributed by atoms with Gasteiger partial charge in [-0.05, 0) is 35.2 Å². The van der Waals surface area contributed by atoms with Crippen LogP contribution in [0.25, 0.3) is 0 Å². The van der Waals surface area contributed by atoms with Gasteiger partial charge in [-0.1, -0.05) is 0 Å². The van der Waals surface area contributed by atoms with Crippen molar-refractivity contribution in [3.63, 3.8) is 0 Å². The minimum atomic E-state index is -5.08. The monoisotopic (exact) mass is 536 g/mol. The second-order valence-electron chi connectivity index (χ2n) is 8.04. The number of rotatable bonds is 4. The van der Waals surface area contributed by atoms with Crippen LogP contribution in [-0.2, 0) is 25.6 Å². The number of carboxylic acids is 2. The van der Waals surface area contributed by atoms with Crippen LogP contribution in [0.2, 0.25) is 0 Å². The fraction of sp³-hybridized carbons (Fsp3) is 0.700. The summed E-state index contributed by atoms with van der Waals surface area (Å²) >= 11 is 1.79. The third-order valence-corrected chi connectivity index (χ3v) is 6.16. The molecular weight excluding hydrogens is 510 g/mol. The predicted octanol–water partition coefficient (Wildman–Crippen LogP) is 3.08. The van der Waals surface area contributed by atoms with Crippen LogP contribution in [0, 0.1) is 0 Å². The van der Waals surface area contributed by atoms with Gasteiger partial charge in [-0.3, -0.25) is 9.80 Å². The van der Waals surface area contributed by atoms with Crippen molar-refractivity contribution in [3.05, 3.63) is 22.4 Å². The lowest BCUT2D eigenvalue weighted by Crippen LogP contribution is -2.52. The first-order valence-corrected chi connectivity index (χ1v) is 11.5. The number of carbonyl (C=O) groups is 2. The molecule has 4 heterocycles. The molecule has 3 atom stereocenters. The molecule has 2 N–H and O–H groups in total. The van der Waals surface area contributed by atoms with Gasteiger partial charge in [0.25, 0.3) is 0 Å². The number of likely N-dealkylation sites (tertiary alicyclic amines) is 1. The van der Waals surface area contributed by atoms with Gasteiger partial charge in [0.15, 0.2) is 0 Å². The molecule has 15 heteroatoms. The normalized spacial score (nSPS) is 25.1. The van der Waals surface area contributed by atoms with E-state index in [4.69, 9.17) is 29.3 Å². The number of fused-ring (bicyclic) bond motifs is 1. The fourth-order valence-electron chi connectivity index (χ4n) is 3.88. The molecule has 0 aliphatic carbocycles. The first-order chi connectivity index (χ1) is 16.3. The third kappa shape index (κ3) is 9.91. The van der Waals surface area contributed by atoms with Crippen LogP contribution in [0.4, 0.5) is 26.3 Å². The van der Waals surface area contributed by atoms with Gasteiger partial charge in [-0.15, -0.1) is 0 Å². The molecule has 0 amide bonds. The number of halogens is 6. The fourth-order valence-corrected chi connectivity index (χ4v) is 4.54. The van der Waals surface area contributed by atoms with Gasteiger partial charge in [-0.2, -0.15) is 37.7 Å². The molecule has 1 aromatic rings.